The summed E-state index contributed by atoms with van der Waals surface area (Å²) >= 11 is 0. The Morgan fingerprint density at radius 2 is 1.33 bits per heavy atom. The zero-order valence-electron chi connectivity index (χ0n) is 3.60. The molecule has 5 nitrogen and oxygen atoms in total. The minimum atomic E-state index is -2.42. The molecule has 0 bridgehead atoms. The fraction of sp³-hybridized carbons (Fsp3) is 0. The van der Waals surface area contributed by atoms with Crippen LogP contribution in [0.1, 0.15) is 0 Å². The maximum atomic E-state index is 8.64. The molecule has 0 rings (SSSR count). The number of hydrogen-bond acceptors (Lipinski definition) is 3. The van der Waals surface area contributed by atoms with Crippen LogP contribution in [-0.2, 0) is 0 Å². The summed E-state index contributed by atoms with van der Waals surface area (Å²) in [4.78, 5) is 0. The van der Waals surface area contributed by atoms with Crippen molar-refractivity contribution in [1.29, 1.82) is 0 Å². The zero-order valence-corrected chi connectivity index (χ0v) is 3.60. The summed E-state index contributed by atoms with van der Waals surface area (Å²) in [7, 11) is -2.42. The Morgan fingerprint density at radius 1 is 1.33 bits per heavy atom. The molecule has 0 fully saturated rings. The first-order chi connectivity index (χ1) is 1.73. The molecule has 6 heteroatoms. The van der Waals surface area contributed by atoms with E-state index < -0.39 is 7.32 Å². The summed E-state index contributed by atoms with van der Waals surface area (Å²) in [6, 6.07) is 0. The SMILES string of the molecule is N.[NH4+].[O-]B([O-])[OH2+]. The number of quaternary nitrogens is 1. The van der Waals surface area contributed by atoms with Crippen LogP contribution in [0.25, 0.3) is 0 Å². The van der Waals surface area contributed by atoms with Crippen molar-refractivity contribution in [2.24, 2.45) is 0 Å². The summed E-state index contributed by atoms with van der Waals surface area (Å²) in [5.74, 6) is 0. The maximum Gasteiger partial charge on any atom is 0.317 e. The van der Waals surface area contributed by atoms with E-state index in [-0.39, 0.29) is 12.3 Å². The second-order valence-corrected chi connectivity index (χ2v) is 0.332. The van der Waals surface area contributed by atoms with E-state index in [1.807, 2.05) is 0 Å². The van der Waals surface area contributed by atoms with Gasteiger partial charge in [-0.2, -0.15) is 0 Å². The summed E-state index contributed by atoms with van der Waals surface area (Å²) in [6.45, 7) is 0. The van der Waals surface area contributed by atoms with Gasteiger partial charge in [0.2, 0.25) is 0 Å². The molecule has 0 atom stereocenters. The van der Waals surface area contributed by atoms with Crippen LogP contribution < -0.4 is 22.3 Å². The van der Waals surface area contributed by atoms with Crippen molar-refractivity contribution in [2.45, 2.75) is 0 Å². The predicted molar refractivity (Wildman–Crippen MR) is 20.4 cm³/mol. The fourth-order valence-electron chi connectivity index (χ4n) is 0. The van der Waals surface area contributed by atoms with E-state index in [4.69, 9.17) is 15.1 Å². The van der Waals surface area contributed by atoms with Gasteiger partial charge < -0.3 is 27.4 Å². The van der Waals surface area contributed by atoms with E-state index in [2.05, 4.69) is 0 Å². The molecule has 0 unspecified atom stereocenters. The lowest BCUT2D eigenvalue weighted by atomic mass is 10.3. The topological polar surface area (TPSA) is 141 Å². The minimum Gasteiger partial charge on any atom is -0.820 e. The summed E-state index contributed by atoms with van der Waals surface area (Å²) in [5, 5.41) is 22.8. The summed E-state index contributed by atoms with van der Waals surface area (Å²) in [5.41, 5.74) is 0. The molecule has 0 aliphatic heterocycles. The lowest BCUT2D eigenvalue weighted by Crippen LogP contribution is -2.44. The van der Waals surface area contributed by atoms with E-state index in [0.717, 1.165) is 0 Å². The van der Waals surface area contributed by atoms with Gasteiger partial charge in [0.15, 0.2) is 0 Å². The highest BCUT2D eigenvalue weighted by Gasteiger charge is 1.60. The first kappa shape index (κ1) is 16.9. The maximum absolute atomic E-state index is 8.64. The van der Waals surface area contributed by atoms with E-state index in [9.17, 15) is 0 Å². The van der Waals surface area contributed by atoms with Gasteiger partial charge in [0.05, 0.1) is 0 Å². The molecule has 9 N–H and O–H groups in total. The Hall–Kier alpha value is -0.135. The molecule has 0 aromatic rings. The Balaban J connectivity index is -0.0000000450. The second-order valence-electron chi connectivity index (χ2n) is 0.332. The third-order valence-electron chi connectivity index (χ3n) is 0. The summed E-state index contributed by atoms with van der Waals surface area (Å²) < 4.78 is 0. The summed E-state index contributed by atoms with van der Waals surface area (Å²) in [6.07, 6.45) is 0. The molecule has 6 heavy (non-hydrogen) atoms. The molecule has 0 amide bonds. The second kappa shape index (κ2) is 8.85. The quantitative estimate of drug-likeness (QED) is 0.244. The molecule has 0 aromatic heterocycles. The van der Waals surface area contributed by atoms with E-state index in [1.54, 1.807) is 0 Å². The Labute approximate surface area is 36.0 Å². The van der Waals surface area contributed by atoms with Crippen LogP contribution >= 0.6 is 0 Å². The standard InChI is InChI=1S/BHO3.2H3N/c2-1(3)4;;/h2H;2*1H3/q-2;;/p+2. The first-order valence-corrected chi connectivity index (χ1v) is 0.760. The van der Waals surface area contributed by atoms with Gasteiger partial charge in [-0.25, -0.2) is 0 Å². The van der Waals surface area contributed by atoms with Gasteiger partial charge in [-0.1, -0.05) is 0 Å². The predicted octanol–water partition coefficient (Wildman–Crippen LogP) is -3.05. The molecule has 0 saturated heterocycles. The molecule has 0 aromatic carbocycles. The third-order valence-corrected chi connectivity index (χ3v) is 0. The number of hydrogen-bond donors (Lipinski definition) is 2. The van der Waals surface area contributed by atoms with Crippen LogP contribution in [0.3, 0.4) is 0 Å². The fourth-order valence-corrected chi connectivity index (χ4v) is 0. The van der Waals surface area contributed by atoms with Gasteiger partial charge in [-0.3, -0.25) is 0 Å². The van der Waals surface area contributed by atoms with Gasteiger partial charge >= 0.3 is 7.32 Å². The highest BCUT2D eigenvalue weighted by molar-refractivity contribution is 6.26. The van der Waals surface area contributed by atoms with E-state index >= 15 is 0 Å². The van der Waals surface area contributed by atoms with Gasteiger partial charge in [0.25, 0.3) is 0 Å². The van der Waals surface area contributed by atoms with Crippen LogP contribution in [0, 0.1) is 0 Å². The van der Waals surface area contributed by atoms with Crippen molar-refractivity contribution in [2.75, 3.05) is 0 Å². The molecule has 0 saturated carbocycles. The molecular formula is H9BN2O3. The average molecular weight is 95.9 g/mol. The molecule has 0 aliphatic carbocycles. The van der Waals surface area contributed by atoms with E-state index in [0.29, 0.717) is 0 Å². The largest absolute Gasteiger partial charge is 0.820 e. The highest BCUT2D eigenvalue weighted by atomic mass is 16.5. The van der Waals surface area contributed by atoms with Crippen LogP contribution in [0.5, 0.6) is 0 Å². The lowest BCUT2D eigenvalue weighted by molar-refractivity contribution is -0.376. The van der Waals surface area contributed by atoms with Crippen molar-refractivity contribution < 1.29 is 15.1 Å². The molecule has 0 heterocycles. The van der Waals surface area contributed by atoms with Crippen molar-refractivity contribution in [1.82, 2.24) is 12.3 Å². The minimum absolute atomic E-state index is 0. The Morgan fingerprint density at radius 3 is 1.33 bits per heavy atom. The smallest absolute Gasteiger partial charge is 0.317 e. The first-order valence-electron chi connectivity index (χ1n) is 0.760. The normalized spacial score (nSPS) is 4.50. The number of rotatable bonds is 0. The third kappa shape index (κ3) is 1740. The lowest BCUT2D eigenvalue weighted by Gasteiger charge is -2.03. The van der Waals surface area contributed by atoms with Crippen molar-refractivity contribution in [3.63, 3.8) is 0 Å². The average Bonchev–Trinajstić information content (AvgIpc) is 0.811. The molecule has 0 radical (unpaired) electrons. The Kier molecular flexibility index (Phi) is 25.0. The van der Waals surface area contributed by atoms with Crippen LogP contribution in [-0.4, -0.2) is 12.3 Å². The molecule has 0 spiro atoms. The van der Waals surface area contributed by atoms with Crippen molar-refractivity contribution in [3.8, 4) is 0 Å². The molecular weight excluding hydrogens is 86.8 g/mol. The van der Waals surface area contributed by atoms with Crippen molar-refractivity contribution in [3.05, 3.63) is 0 Å². The molecule has 40 valence electrons. The van der Waals surface area contributed by atoms with Gasteiger partial charge in [0.1, 0.15) is 0 Å². The Bertz CT molecular complexity index is 13.5. The van der Waals surface area contributed by atoms with Gasteiger partial charge in [-0.15, -0.1) is 0 Å². The monoisotopic (exact) mass is 96.1 g/mol. The van der Waals surface area contributed by atoms with Gasteiger partial charge in [0, 0.05) is 0 Å². The highest BCUT2D eigenvalue weighted by Crippen LogP contribution is 1.16. The van der Waals surface area contributed by atoms with Gasteiger partial charge in [-0.05, 0) is 0 Å². The van der Waals surface area contributed by atoms with Crippen LogP contribution in [0.2, 0.25) is 0 Å². The van der Waals surface area contributed by atoms with Crippen molar-refractivity contribution >= 4 is 7.32 Å². The van der Waals surface area contributed by atoms with Crippen LogP contribution in [0.15, 0.2) is 0 Å². The molecule has 0 aliphatic rings. The van der Waals surface area contributed by atoms with E-state index in [1.165, 1.54) is 0 Å². The van der Waals surface area contributed by atoms with Crippen LogP contribution in [0.4, 0.5) is 0 Å². The zero-order chi connectivity index (χ0) is 3.58.